The summed E-state index contributed by atoms with van der Waals surface area (Å²) < 4.78 is 36.5. The van der Waals surface area contributed by atoms with Crippen molar-refractivity contribution in [2.45, 2.75) is 315 Å². The van der Waals surface area contributed by atoms with E-state index in [0.29, 0.717) is 19.3 Å². The highest BCUT2D eigenvalue weighted by atomic mass is 16.7. The lowest BCUT2D eigenvalue weighted by atomic mass is 9.69. The maximum atomic E-state index is 14.9. The molecule has 1 fully saturated rings. The van der Waals surface area contributed by atoms with E-state index >= 15 is 0 Å². The molecule has 1 aromatic rings. The van der Waals surface area contributed by atoms with Gasteiger partial charge in [-0.05, 0) is 30.9 Å². The van der Waals surface area contributed by atoms with Crippen LogP contribution in [0.2, 0.25) is 0 Å². The lowest BCUT2D eigenvalue weighted by Crippen LogP contribution is -2.52. The van der Waals surface area contributed by atoms with Crippen LogP contribution < -0.4 is 0 Å². The van der Waals surface area contributed by atoms with Crippen molar-refractivity contribution >= 4 is 77.0 Å². The fourth-order valence-electron chi connectivity index (χ4n) is 15.4. The number of carboxylic acid groups (broad SMARTS) is 6. The van der Waals surface area contributed by atoms with E-state index in [0.717, 1.165) is 86.8 Å². The van der Waals surface area contributed by atoms with Crippen LogP contribution in [-0.4, -0.2) is 250 Å². The predicted octanol–water partition coefficient (Wildman–Crippen LogP) is 14.1. The Hall–Kier alpha value is -7.83. The van der Waals surface area contributed by atoms with E-state index in [4.69, 9.17) is 28.4 Å². The minimum atomic E-state index is -1.83. The molecule has 4 unspecified atom stereocenters. The van der Waals surface area contributed by atoms with Crippen LogP contribution in [0.25, 0.3) is 0 Å². The molecular formula is C90H142N4O25. The summed E-state index contributed by atoms with van der Waals surface area (Å²) in [7, 11) is 0. The molecule has 3 aliphatic rings. The number of Topliss-reactive ketones (excluding diaryl/α,β-unsaturated/α-hetero) is 3. The fourth-order valence-corrected chi connectivity index (χ4v) is 15.4. The quantitative estimate of drug-likeness (QED) is 0.0200. The number of fused-ring (bicyclic) bond motifs is 3. The van der Waals surface area contributed by atoms with E-state index in [1.54, 1.807) is 0 Å². The predicted molar refractivity (Wildman–Crippen MR) is 446 cm³/mol. The Bertz CT molecular complexity index is 3190. The highest BCUT2D eigenvalue weighted by Gasteiger charge is 2.49. The Labute approximate surface area is 704 Å². The second kappa shape index (κ2) is 61.5. The lowest BCUT2D eigenvalue weighted by Gasteiger charge is -2.34. The van der Waals surface area contributed by atoms with Crippen LogP contribution in [0.15, 0.2) is 41.5 Å². The molecule has 29 heteroatoms. The third kappa shape index (κ3) is 45.0. The second-order valence-electron chi connectivity index (χ2n) is 32.7. The Morgan fingerprint density at radius 1 is 0.412 bits per heavy atom. The zero-order valence-corrected chi connectivity index (χ0v) is 71.6. The second-order valence-corrected chi connectivity index (χ2v) is 32.7. The summed E-state index contributed by atoms with van der Waals surface area (Å²) in [5, 5.41) is 58.1. The average molecular weight is 1680 g/mol. The molecule has 4 rings (SSSR count). The number of hydrogen-bond acceptors (Lipinski definition) is 23. The van der Waals surface area contributed by atoms with Crippen molar-refractivity contribution in [2.24, 2.45) is 11.8 Å². The molecule has 0 aromatic heterocycles. The van der Waals surface area contributed by atoms with E-state index in [2.05, 4.69) is 20.8 Å². The van der Waals surface area contributed by atoms with Crippen LogP contribution in [0.4, 0.5) is 0 Å². The summed E-state index contributed by atoms with van der Waals surface area (Å²) in [5.41, 5.74) is -1.78. The Morgan fingerprint density at radius 3 is 1.21 bits per heavy atom. The zero-order valence-electron chi connectivity index (χ0n) is 71.6. The van der Waals surface area contributed by atoms with Crippen molar-refractivity contribution in [3.63, 3.8) is 0 Å². The van der Waals surface area contributed by atoms with E-state index in [9.17, 15) is 93.0 Å². The average Bonchev–Trinajstić information content (AvgIpc) is 1.73. The summed E-state index contributed by atoms with van der Waals surface area (Å²) in [5.74, 6) is -15.2. The van der Waals surface area contributed by atoms with Gasteiger partial charge in [0.1, 0.15) is 26.4 Å². The lowest BCUT2D eigenvalue weighted by molar-refractivity contribution is -0.202. The zero-order chi connectivity index (χ0) is 87.0. The number of ketones is 3. The number of rotatable bonds is 77. The maximum absolute atomic E-state index is 14.9. The van der Waals surface area contributed by atoms with Gasteiger partial charge in [0, 0.05) is 68.7 Å². The first kappa shape index (κ1) is 104. The molecule has 0 saturated carbocycles. The van der Waals surface area contributed by atoms with Crippen molar-refractivity contribution in [1.82, 2.24) is 19.6 Å². The largest absolute Gasteiger partial charge is 0.480 e. The van der Waals surface area contributed by atoms with Gasteiger partial charge in [-0.3, -0.25) is 77.1 Å². The highest BCUT2D eigenvalue weighted by Crippen LogP contribution is 2.43. The number of esters is 4. The molecule has 6 N–H and O–H groups in total. The maximum Gasteiger partial charge on any atom is 0.340 e. The van der Waals surface area contributed by atoms with Gasteiger partial charge in [-0.1, -0.05) is 276 Å². The van der Waals surface area contributed by atoms with Gasteiger partial charge < -0.3 is 59.1 Å². The van der Waals surface area contributed by atoms with E-state index < -0.39 is 186 Å². The highest BCUT2D eigenvalue weighted by molar-refractivity contribution is 6.18. The summed E-state index contributed by atoms with van der Waals surface area (Å²) >= 11 is 0. The van der Waals surface area contributed by atoms with Crippen LogP contribution in [0.1, 0.15) is 317 Å². The molecule has 4 atom stereocenters. The number of carboxylic acids is 6. The van der Waals surface area contributed by atoms with Gasteiger partial charge in [0.25, 0.3) is 0 Å². The Kier molecular flexibility index (Phi) is 53.5. The van der Waals surface area contributed by atoms with Crippen LogP contribution in [-0.2, 0) is 87.6 Å². The van der Waals surface area contributed by atoms with Gasteiger partial charge in [-0.15, -0.1) is 0 Å². The number of aliphatic carboxylic acids is 6. The van der Waals surface area contributed by atoms with E-state index in [1.807, 2.05) is 0 Å². The van der Waals surface area contributed by atoms with Gasteiger partial charge in [0.05, 0.1) is 75.7 Å². The Morgan fingerprint density at radius 2 is 0.782 bits per heavy atom. The molecule has 29 nitrogen and oxygen atoms in total. The van der Waals surface area contributed by atoms with Crippen molar-refractivity contribution in [1.29, 1.82) is 0 Å². The topological polar surface area (TPSA) is 412 Å². The molecule has 1 saturated heterocycles. The minimum absolute atomic E-state index is 0.0320. The number of allylic oxidation sites excluding steroid dienone is 2. The molecule has 119 heavy (non-hydrogen) atoms. The molecule has 0 radical (unpaired) electrons. The number of ether oxygens (including phenoxy) is 6. The molecule has 0 bridgehead atoms. The first-order valence-corrected chi connectivity index (χ1v) is 44.6. The number of benzene rings is 1. The van der Waals surface area contributed by atoms with Crippen molar-refractivity contribution in [3.8, 4) is 0 Å². The summed E-state index contributed by atoms with van der Waals surface area (Å²) in [6.45, 7) is -2.25. The molecule has 0 spiro atoms. The van der Waals surface area contributed by atoms with Crippen molar-refractivity contribution in [2.75, 3.05) is 105 Å². The van der Waals surface area contributed by atoms with Crippen molar-refractivity contribution in [3.05, 3.63) is 58.2 Å². The molecule has 1 aromatic carbocycles. The minimum Gasteiger partial charge on any atom is -0.480 e. The SMILES string of the molecule is CCCCCCCCCCCCCCCC(=O)COC(COC(=O)CCCCCCCCCCCCCCC)(COC(=O)CCCCCCCCCCCCCCC)COC1OC(=O)C2=CC3C(=O)c4ccc(CC(=O)OCC(CN(CCN(CCN(CC(=O)O)CC(=O)O)CC(=O)O)CC(=O)O)N(CC(=O)O)CC(=O)O)cc4C(=O)C3C=C21. The van der Waals surface area contributed by atoms with E-state index in [1.165, 1.54) is 194 Å². The van der Waals surface area contributed by atoms with Gasteiger partial charge >= 0.3 is 59.7 Å². The Balaban J connectivity index is 1.58. The van der Waals surface area contributed by atoms with Gasteiger partial charge in [-0.2, -0.15) is 0 Å². The number of unbranched alkanes of at least 4 members (excludes halogenated alkanes) is 36. The van der Waals surface area contributed by atoms with Gasteiger partial charge in [-0.25, -0.2) is 4.79 Å². The number of carbonyl (C=O) groups is 13. The van der Waals surface area contributed by atoms with Crippen LogP contribution in [0, 0.1) is 11.8 Å². The van der Waals surface area contributed by atoms with Crippen LogP contribution in [0.5, 0.6) is 0 Å². The third-order valence-electron chi connectivity index (χ3n) is 22.2. The number of cyclic esters (lactones) is 1. The fraction of sp³-hybridized carbons (Fsp3) is 0.744. The monoisotopic (exact) mass is 1680 g/mol. The van der Waals surface area contributed by atoms with Gasteiger partial charge in [0.15, 0.2) is 23.0 Å². The van der Waals surface area contributed by atoms with Crippen LogP contribution in [0.3, 0.4) is 0 Å². The number of nitrogens with zero attached hydrogens (tertiary/aromatic N) is 4. The van der Waals surface area contributed by atoms with E-state index in [-0.39, 0.29) is 79.1 Å². The smallest absolute Gasteiger partial charge is 0.340 e. The summed E-state index contributed by atoms with van der Waals surface area (Å²) in [6, 6.07) is 2.70. The molecule has 2 aliphatic carbocycles. The standard InChI is InChI=1S/C90H142N4O25/c1-4-7-10-13-16-19-22-25-28-31-34-37-40-43-70(95)64-118-90(65-115-83(108)44-41-38-35-32-29-26-23-20-17-14-11-8-5-2,66-116-84(109)45-42-39-36-33-30-27-24-21-18-15-12-9-6-3)67-117-89-76-55-74-73(54-75(76)88(113)119-89)86(111)71-47-46-68(52-72(71)87(74)112)53-85(110)114-63-69(94(61-81(104)105)62-82(106)107)56-92(58-78(98)99)50-48-91(57-77(96)97)49-51-93(59-79(100)101)60-80(102)103/h46-47,52,54-55,69,73-74,89H,4-45,48-51,53,56-67H2,1-3H3,(H,96,97)(H,98,99)(H,100,101)(H,102,103)(H,104,105)(H,106,107). The molecule has 0 amide bonds. The molecule has 1 heterocycles. The molecule has 1 aliphatic heterocycles. The normalized spacial score (nSPS) is 15.3. The number of carbonyl (C=O) groups excluding carboxylic acids is 7. The van der Waals surface area contributed by atoms with Crippen molar-refractivity contribution < 1.29 is 121 Å². The summed E-state index contributed by atoms with van der Waals surface area (Å²) in [6.07, 6.45) is 44.6. The molecule has 672 valence electrons. The summed E-state index contributed by atoms with van der Waals surface area (Å²) in [4.78, 5) is 175. The van der Waals surface area contributed by atoms with Crippen LogP contribution >= 0.6 is 0 Å². The first-order valence-electron chi connectivity index (χ1n) is 44.6. The molecular weight excluding hydrogens is 1540 g/mol. The number of hydrogen-bond donors (Lipinski definition) is 6. The van der Waals surface area contributed by atoms with Gasteiger partial charge in [0.2, 0.25) is 6.29 Å². The first-order chi connectivity index (χ1) is 57.3. The third-order valence-corrected chi connectivity index (χ3v) is 22.2.